The van der Waals surface area contributed by atoms with Gasteiger partial charge >= 0.3 is 0 Å². The number of rotatable bonds is 4. The third-order valence-corrected chi connectivity index (χ3v) is 5.76. The molecule has 2 saturated heterocycles. The number of benzene rings is 1. The SMILES string of the molecule is CN(Cc1cccc2c1CN(C1CCC(=O)NC1=O)C2=O)C1CCNC1. The molecule has 0 saturated carbocycles. The molecule has 0 spiro atoms. The molecular weight excluding hydrogens is 332 g/mol. The van der Waals surface area contributed by atoms with E-state index >= 15 is 0 Å². The minimum absolute atomic E-state index is 0.110. The molecule has 1 aromatic carbocycles. The Balaban J connectivity index is 1.54. The van der Waals surface area contributed by atoms with Gasteiger partial charge in [-0.3, -0.25) is 24.6 Å². The second-order valence-corrected chi connectivity index (χ2v) is 7.40. The molecule has 0 bridgehead atoms. The number of hydrogen-bond donors (Lipinski definition) is 2. The summed E-state index contributed by atoms with van der Waals surface area (Å²) in [7, 11) is 2.12. The zero-order valence-electron chi connectivity index (χ0n) is 15.0. The van der Waals surface area contributed by atoms with Gasteiger partial charge in [-0.25, -0.2) is 0 Å². The molecule has 7 nitrogen and oxygen atoms in total. The molecule has 0 radical (unpaired) electrons. The molecule has 3 aliphatic heterocycles. The van der Waals surface area contributed by atoms with Crippen molar-refractivity contribution < 1.29 is 14.4 Å². The van der Waals surface area contributed by atoms with Crippen molar-refractivity contribution in [2.45, 2.75) is 44.4 Å². The third kappa shape index (κ3) is 3.01. The van der Waals surface area contributed by atoms with Gasteiger partial charge in [-0.05, 0) is 43.6 Å². The lowest BCUT2D eigenvalue weighted by Crippen LogP contribution is -2.52. The van der Waals surface area contributed by atoms with E-state index in [-0.39, 0.29) is 24.1 Å². The highest BCUT2D eigenvalue weighted by Gasteiger charge is 2.39. The van der Waals surface area contributed by atoms with Crippen LogP contribution in [0, 0.1) is 0 Å². The zero-order chi connectivity index (χ0) is 18.3. The number of nitrogens with one attached hydrogen (secondary N) is 2. The fourth-order valence-electron chi connectivity index (χ4n) is 4.21. The number of piperidine rings is 1. The highest BCUT2D eigenvalue weighted by molar-refractivity contribution is 6.05. The van der Waals surface area contributed by atoms with Crippen LogP contribution in [0.1, 0.15) is 40.7 Å². The number of carbonyl (C=O) groups excluding carboxylic acids is 3. The lowest BCUT2D eigenvalue weighted by atomic mass is 10.0. The highest BCUT2D eigenvalue weighted by atomic mass is 16.2. The maximum Gasteiger partial charge on any atom is 0.255 e. The van der Waals surface area contributed by atoms with E-state index in [4.69, 9.17) is 0 Å². The predicted octanol–water partition coefficient (Wildman–Crippen LogP) is 0.241. The van der Waals surface area contributed by atoms with E-state index in [2.05, 4.69) is 28.6 Å². The van der Waals surface area contributed by atoms with Crippen molar-refractivity contribution in [1.82, 2.24) is 20.4 Å². The topological polar surface area (TPSA) is 81.8 Å². The lowest BCUT2D eigenvalue weighted by molar-refractivity contribution is -0.136. The second-order valence-electron chi connectivity index (χ2n) is 7.40. The molecule has 3 heterocycles. The minimum Gasteiger partial charge on any atom is -0.322 e. The van der Waals surface area contributed by atoms with Gasteiger partial charge in [-0.1, -0.05) is 12.1 Å². The van der Waals surface area contributed by atoms with E-state index in [1.807, 2.05) is 12.1 Å². The first-order chi connectivity index (χ1) is 12.5. The number of amides is 3. The minimum atomic E-state index is -0.558. The fourth-order valence-corrected chi connectivity index (χ4v) is 4.21. The Labute approximate surface area is 152 Å². The summed E-state index contributed by atoms with van der Waals surface area (Å²) in [6.45, 7) is 3.26. The van der Waals surface area contributed by atoms with Gasteiger partial charge in [0.1, 0.15) is 6.04 Å². The van der Waals surface area contributed by atoms with Crippen LogP contribution < -0.4 is 10.6 Å². The lowest BCUT2D eigenvalue weighted by Gasteiger charge is -2.29. The predicted molar refractivity (Wildman–Crippen MR) is 95.2 cm³/mol. The fraction of sp³-hybridized carbons (Fsp3) is 0.526. The average molecular weight is 356 g/mol. The molecule has 138 valence electrons. The van der Waals surface area contributed by atoms with Crippen LogP contribution in [0.3, 0.4) is 0 Å². The highest BCUT2D eigenvalue weighted by Crippen LogP contribution is 2.30. The van der Waals surface area contributed by atoms with Crippen molar-refractivity contribution >= 4 is 17.7 Å². The van der Waals surface area contributed by atoms with Gasteiger partial charge in [0.05, 0.1) is 0 Å². The Bertz CT molecular complexity index is 757. The van der Waals surface area contributed by atoms with Crippen LogP contribution in [0.4, 0.5) is 0 Å². The Morgan fingerprint density at radius 2 is 2.08 bits per heavy atom. The molecule has 26 heavy (non-hydrogen) atoms. The van der Waals surface area contributed by atoms with Crippen molar-refractivity contribution in [2.75, 3.05) is 20.1 Å². The summed E-state index contributed by atoms with van der Waals surface area (Å²) in [6.07, 6.45) is 1.81. The van der Waals surface area contributed by atoms with Crippen molar-refractivity contribution in [3.8, 4) is 0 Å². The Kier molecular flexibility index (Phi) is 4.50. The molecule has 2 atom stereocenters. The van der Waals surface area contributed by atoms with E-state index in [9.17, 15) is 14.4 Å². The summed E-state index contributed by atoms with van der Waals surface area (Å²) < 4.78 is 0. The molecule has 2 unspecified atom stereocenters. The summed E-state index contributed by atoms with van der Waals surface area (Å²) in [6, 6.07) is 5.77. The zero-order valence-corrected chi connectivity index (χ0v) is 15.0. The molecule has 2 fully saturated rings. The number of carbonyl (C=O) groups is 3. The van der Waals surface area contributed by atoms with Gasteiger partial charge in [0.2, 0.25) is 11.8 Å². The molecule has 2 N–H and O–H groups in total. The van der Waals surface area contributed by atoms with Gasteiger partial charge in [0, 0.05) is 37.7 Å². The van der Waals surface area contributed by atoms with Crippen molar-refractivity contribution in [1.29, 1.82) is 0 Å². The first-order valence-electron chi connectivity index (χ1n) is 9.21. The van der Waals surface area contributed by atoms with Crippen LogP contribution in [0.5, 0.6) is 0 Å². The molecule has 3 amide bonds. The smallest absolute Gasteiger partial charge is 0.255 e. The quantitative estimate of drug-likeness (QED) is 0.756. The van der Waals surface area contributed by atoms with Crippen LogP contribution in [0.15, 0.2) is 18.2 Å². The number of nitrogens with zero attached hydrogens (tertiary/aromatic N) is 2. The van der Waals surface area contributed by atoms with E-state index in [1.165, 1.54) is 0 Å². The maximum absolute atomic E-state index is 12.9. The number of likely N-dealkylation sites (N-methyl/N-ethyl adjacent to an activating group) is 1. The Morgan fingerprint density at radius 1 is 1.23 bits per heavy atom. The summed E-state index contributed by atoms with van der Waals surface area (Å²) in [4.78, 5) is 40.4. The summed E-state index contributed by atoms with van der Waals surface area (Å²) in [5, 5.41) is 5.73. The van der Waals surface area contributed by atoms with Crippen molar-refractivity contribution in [3.05, 3.63) is 34.9 Å². The molecule has 1 aromatic rings. The van der Waals surface area contributed by atoms with Crippen LogP contribution in [0.25, 0.3) is 0 Å². The van der Waals surface area contributed by atoms with Gasteiger partial charge in [-0.2, -0.15) is 0 Å². The maximum atomic E-state index is 12.9. The second kappa shape index (κ2) is 6.81. The monoisotopic (exact) mass is 356 g/mol. The standard InChI is InChI=1S/C19H24N4O3/c1-22(13-7-8-20-9-13)10-12-3-2-4-14-15(12)11-23(19(14)26)16-5-6-17(24)21-18(16)25/h2-4,13,16,20H,5-11H2,1H3,(H,21,24,25). The molecule has 0 aliphatic carbocycles. The first kappa shape index (κ1) is 17.2. The van der Waals surface area contributed by atoms with Crippen LogP contribution >= 0.6 is 0 Å². The van der Waals surface area contributed by atoms with Crippen molar-refractivity contribution in [2.24, 2.45) is 0 Å². The Hall–Kier alpha value is -2.25. The molecular formula is C19H24N4O3. The van der Waals surface area contributed by atoms with Gasteiger partial charge < -0.3 is 10.2 Å². The first-order valence-corrected chi connectivity index (χ1v) is 9.21. The van der Waals surface area contributed by atoms with Gasteiger partial charge in [0.15, 0.2) is 0 Å². The molecule has 3 aliphatic rings. The average Bonchev–Trinajstić information content (AvgIpc) is 3.25. The number of hydrogen-bond acceptors (Lipinski definition) is 5. The van der Waals surface area contributed by atoms with Crippen LogP contribution in [-0.2, 0) is 22.7 Å². The van der Waals surface area contributed by atoms with E-state index in [1.54, 1.807) is 4.90 Å². The third-order valence-electron chi connectivity index (χ3n) is 5.76. The largest absolute Gasteiger partial charge is 0.322 e. The van der Waals surface area contributed by atoms with Crippen molar-refractivity contribution in [3.63, 3.8) is 0 Å². The van der Waals surface area contributed by atoms with Crippen LogP contribution in [0.2, 0.25) is 0 Å². The summed E-state index contributed by atoms with van der Waals surface area (Å²) in [5.41, 5.74) is 2.84. The molecule has 4 rings (SSSR count). The van der Waals surface area contributed by atoms with Crippen LogP contribution in [-0.4, -0.2) is 59.7 Å². The Morgan fingerprint density at radius 3 is 2.81 bits per heavy atom. The number of fused-ring (bicyclic) bond motifs is 1. The van der Waals surface area contributed by atoms with E-state index < -0.39 is 6.04 Å². The van der Waals surface area contributed by atoms with Gasteiger partial charge in [-0.15, -0.1) is 0 Å². The normalized spacial score (nSPS) is 25.8. The summed E-state index contributed by atoms with van der Waals surface area (Å²) >= 11 is 0. The van der Waals surface area contributed by atoms with E-state index in [0.717, 1.165) is 37.2 Å². The summed E-state index contributed by atoms with van der Waals surface area (Å²) in [5.74, 6) is -0.734. The van der Waals surface area contributed by atoms with E-state index in [0.29, 0.717) is 24.6 Å². The molecule has 7 heteroatoms. The van der Waals surface area contributed by atoms with Gasteiger partial charge in [0.25, 0.3) is 5.91 Å². The number of imide groups is 1. The molecule has 0 aromatic heterocycles.